The zero-order chi connectivity index (χ0) is 20.3. The average Bonchev–Trinajstić information content (AvgIpc) is 3.08. The van der Waals surface area contributed by atoms with E-state index in [1.165, 1.54) is 7.11 Å². The minimum Gasteiger partial charge on any atom is -0.465 e. The van der Waals surface area contributed by atoms with Gasteiger partial charge in [-0.2, -0.15) is 0 Å². The molecule has 5 atom stereocenters. The summed E-state index contributed by atoms with van der Waals surface area (Å²) in [5.74, 6) is -1.79. The van der Waals surface area contributed by atoms with Crippen molar-refractivity contribution in [1.82, 2.24) is 0 Å². The van der Waals surface area contributed by atoms with Crippen LogP contribution in [-0.2, 0) is 33.3 Å². The fourth-order valence-corrected chi connectivity index (χ4v) is 5.60. The first-order chi connectivity index (χ1) is 12.4. The molecule has 3 rings (SSSR count). The molecule has 154 valence electrons. The number of fused-ring (bicyclic) bond motifs is 2. The number of carbonyl (C=O) groups excluding carboxylic acids is 2. The SMILES string of the molecule is CCOC(=O)[C@]1(C)[C@@H]([C@@H]2OC(C)(C)OC2(C)C)[C@H]2C[C@]1(OCOC)CC2=O. The number of rotatable bonds is 6. The lowest BCUT2D eigenvalue weighted by molar-refractivity contribution is -0.215. The number of ketones is 1. The molecule has 1 aliphatic heterocycles. The monoisotopic (exact) mass is 384 g/mol. The van der Waals surface area contributed by atoms with Crippen LogP contribution in [0.2, 0.25) is 0 Å². The molecule has 1 saturated heterocycles. The Morgan fingerprint density at radius 3 is 2.41 bits per heavy atom. The fourth-order valence-electron chi connectivity index (χ4n) is 5.60. The third-order valence-electron chi connectivity index (χ3n) is 6.55. The van der Waals surface area contributed by atoms with Gasteiger partial charge in [-0.3, -0.25) is 9.59 Å². The maximum absolute atomic E-state index is 13.2. The van der Waals surface area contributed by atoms with Crippen LogP contribution in [-0.4, -0.2) is 55.4 Å². The predicted octanol–water partition coefficient (Wildman–Crippen LogP) is 2.45. The van der Waals surface area contributed by atoms with Crippen molar-refractivity contribution in [3.63, 3.8) is 0 Å². The largest absolute Gasteiger partial charge is 0.465 e. The van der Waals surface area contributed by atoms with Gasteiger partial charge in [0.2, 0.25) is 0 Å². The number of hydrogen-bond donors (Lipinski definition) is 0. The summed E-state index contributed by atoms with van der Waals surface area (Å²) in [6.07, 6.45) is 0.208. The highest BCUT2D eigenvalue weighted by Crippen LogP contribution is 2.66. The third-order valence-corrected chi connectivity index (χ3v) is 6.55. The molecule has 1 heterocycles. The average molecular weight is 384 g/mol. The second-order valence-electron chi connectivity index (χ2n) is 9.09. The van der Waals surface area contributed by atoms with Crippen molar-refractivity contribution in [2.75, 3.05) is 20.5 Å². The Labute approximate surface area is 161 Å². The molecule has 2 bridgehead atoms. The van der Waals surface area contributed by atoms with E-state index >= 15 is 0 Å². The smallest absolute Gasteiger partial charge is 0.315 e. The van der Waals surface area contributed by atoms with Gasteiger partial charge in [0.15, 0.2) is 5.79 Å². The van der Waals surface area contributed by atoms with Gasteiger partial charge in [0.05, 0.1) is 23.9 Å². The lowest BCUT2D eigenvalue weighted by Crippen LogP contribution is -2.60. The van der Waals surface area contributed by atoms with Crippen LogP contribution in [0, 0.1) is 17.3 Å². The van der Waals surface area contributed by atoms with Gasteiger partial charge in [0.1, 0.15) is 18.0 Å². The van der Waals surface area contributed by atoms with Gasteiger partial charge < -0.3 is 23.7 Å². The molecule has 0 radical (unpaired) electrons. The maximum atomic E-state index is 13.2. The Bertz CT molecular complexity index is 628. The minimum atomic E-state index is -1.04. The lowest BCUT2D eigenvalue weighted by atomic mass is 9.61. The normalized spacial score (nSPS) is 41.9. The zero-order valence-corrected chi connectivity index (χ0v) is 17.4. The molecule has 3 fully saturated rings. The van der Waals surface area contributed by atoms with E-state index in [2.05, 4.69) is 0 Å². The van der Waals surface area contributed by atoms with Crippen molar-refractivity contribution in [2.24, 2.45) is 17.3 Å². The van der Waals surface area contributed by atoms with E-state index in [0.29, 0.717) is 6.42 Å². The van der Waals surface area contributed by atoms with E-state index in [1.54, 1.807) is 6.92 Å². The van der Waals surface area contributed by atoms with E-state index in [9.17, 15) is 9.59 Å². The van der Waals surface area contributed by atoms with E-state index in [0.717, 1.165) is 0 Å². The topological polar surface area (TPSA) is 80.3 Å². The highest BCUT2D eigenvalue weighted by atomic mass is 16.8. The summed E-state index contributed by atoms with van der Waals surface area (Å²) in [4.78, 5) is 26.1. The summed E-state index contributed by atoms with van der Waals surface area (Å²) >= 11 is 0. The molecule has 2 saturated carbocycles. The van der Waals surface area contributed by atoms with Gasteiger partial charge in [-0.15, -0.1) is 0 Å². The molecule has 0 N–H and O–H groups in total. The van der Waals surface area contributed by atoms with Crippen LogP contribution in [0.5, 0.6) is 0 Å². The van der Waals surface area contributed by atoms with E-state index in [1.807, 2.05) is 34.6 Å². The van der Waals surface area contributed by atoms with Gasteiger partial charge in [0, 0.05) is 25.4 Å². The van der Waals surface area contributed by atoms with Gasteiger partial charge in [-0.05, 0) is 48.0 Å². The van der Waals surface area contributed by atoms with Crippen molar-refractivity contribution in [3.8, 4) is 0 Å². The molecular weight excluding hydrogens is 352 g/mol. The Hall–Kier alpha value is -1.02. The van der Waals surface area contributed by atoms with Crippen molar-refractivity contribution < 1.29 is 33.3 Å². The predicted molar refractivity (Wildman–Crippen MR) is 95.8 cm³/mol. The summed E-state index contributed by atoms with van der Waals surface area (Å²) in [6, 6.07) is 0. The molecule has 2 aliphatic carbocycles. The van der Waals surface area contributed by atoms with Crippen LogP contribution in [0.15, 0.2) is 0 Å². The molecule has 27 heavy (non-hydrogen) atoms. The quantitative estimate of drug-likeness (QED) is 0.514. The van der Waals surface area contributed by atoms with Crippen LogP contribution in [0.1, 0.15) is 54.4 Å². The van der Waals surface area contributed by atoms with Crippen LogP contribution >= 0.6 is 0 Å². The van der Waals surface area contributed by atoms with Gasteiger partial charge in [0.25, 0.3) is 0 Å². The third kappa shape index (κ3) is 2.94. The van der Waals surface area contributed by atoms with Crippen molar-refractivity contribution >= 4 is 11.8 Å². The maximum Gasteiger partial charge on any atom is 0.315 e. The molecule has 0 aromatic heterocycles. The van der Waals surface area contributed by atoms with Crippen molar-refractivity contribution in [1.29, 1.82) is 0 Å². The number of Topliss-reactive ketones (excluding diaryl/α,β-unsaturated/α-hetero) is 1. The minimum absolute atomic E-state index is 0.0125. The highest BCUT2D eigenvalue weighted by Gasteiger charge is 2.76. The summed E-state index contributed by atoms with van der Waals surface area (Å²) in [7, 11) is 1.53. The highest BCUT2D eigenvalue weighted by molar-refractivity contribution is 5.92. The molecule has 7 nitrogen and oxygen atoms in total. The van der Waals surface area contributed by atoms with Crippen molar-refractivity contribution in [2.45, 2.75) is 77.5 Å². The zero-order valence-electron chi connectivity index (χ0n) is 17.4. The molecule has 0 unspecified atom stereocenters. The van der Waals surface area contributed by atoms with Gasteiger partial charge in [-0.25, -0.2) is 0 Å². The first kappa shape index (κ1) is 20.7. The fraction of sp³-hybridized carbons (Fsp3) is 0.900. The molecule has 0 spiro atoms. The summed E-state index contributed by atoms with van der Waals surface area (Å²) in [5.41, 5.74) is -2.64. The first-order valence-electron chi connectivity index (χ1n) is 9.65. The Kier molecular flexibility index (Phi) is 4.99. The molecule has 0 aromatic rings. The van der Waals surface area contributed by atoms with E-state index < -0.39 is 34.4 Å². The van der Waals surface area contributed by atoms with Crippen LogP contribution in [0.4, 0.5) is 0 Å². The Balaban J connectivity index is 2.08. The summed E-state index contributed by atoms with van der Waals surface area (Å²) < 4.78 is 29.0. The van der Waals surface area contributed by atoms with Crippen LogP contribution in [0.3, 0.4) is 0 Å². The molecule has 0 amide bonds. The second-order valence-corrected chi connectivity index (χ2v) is 9.09. The number of hydrogen-bond acceptors (Lipinski definition) is 7. The van der Waals surface area contributed by atoms with E-state index in [4.69, 9.17) is 23.7 Å². The van der Waals surface area contributed by atoms with Crippen molar-refractivity contribution in [3.05, 3.63) is 0 Å². The number of esters is 1. The Morgan fingerprint density at radius 2 is 1.89 bits per heavy atom. The number of ether oxygens (including phenoxy) is 5. The standard InChI is InChI=1S/C20H32O7/c1-8-24-16(22)19(6)14(15-17(2,3)27-18(4,5)26-15)12-9-20(19,10-13(12)21)25-11-23-7/h12,14-15H,8-11H2,1-7H3/t12-,14+,15-,19-,20-/m0/s1. The summed E-state index contributed by atoms with van der Waals surface area (Å²) in [5, 5.41) is 0. The first-order valence-corrected chi connectivity index (χ1v) is 9.65. The molecule has 0 aromatic carbocycles. The number of methoxy groups -OCH3 is 1. The molecular formula is C20H32O7. The van der Waals surface area contributed by atoms with E-state index in [-0.39, 0.29) is 37.5 Å². The molecule has 7 heteroatoms. The second kappa shape index (κ2) is 6.51. The lowest BCUT2D eigenvalue weighted by Gasteiger charge is -2.48. The summed E-state index contributed by atoms with van der Waals surface area (Å²) in [6.45, 7) is 11.5. The van der Waals surface area contributed by atoms with Crippen LogP contribution < -0.4 is 0 Å². The van der Waals surface area contributed by atoms with Gasteiger partial charge in [-0.1, -0.05) is 0 Å². The molecule has 3 aliphatic rings. The number of carbonyl (C=O) groups is 2. The van der Waals surface area contributed by atoms with Crippen LogP contribution in [0.25, 0.3) is 0 Å². The van der Waals surface area contributed by atoms with Gasteiger partial charge >= 0.3 is 5.97 Å². The Morgan fingerprint density at radius 1 is 1.22 bits per heavy atom.